The van der Waals surface area contributed by atoms with E-state index < -0.39 is 0 Å². The second-order valence-electron chi connectivity index (χ2n) is 5.45. The Hall–Kier alpha value is -2.72. The minimum Gasteiger partial charge on any atom is -0.294 e. The summed E-state index contributed by atoms with van der Waals surface area (Å²) in [6.07, 6.45) is 0. The fourth-order valence-corrected chi connectivity index (χ4v) is 2.77. The first-order valence-electron chi connectivity index (χ1n) is 7.45. The van der Waals surface area contributed by atoms with Crippen molar-refractivity contribution >= 4 is 23.2 Å². The Balaban J connectivity index is 2.16. The molecule has 2 aromatic carbocycles. The normalized spacial score (nSPS) is 10.6. The van der Waals surface area contributed by atoms with Gasteiger partial charge in [0.2, 0.25) is 5.78 Å². The molecule has 0 unspecified atom stereocenters. The maximum absolute atomic E-state index is 12.8. The lowest BCUT2D eigenvalue weighted by Gasteiger charge is -2.04. The Labute approximate surface area is 144 Å². The average Bonchev–Trinajstić information content (AvgIpc) is 2.93. The van der Waals surface area contributed by atoms with Crippen LogP contribution >= 0.6 is 11.6 Å². The first-order valence-corrected chi connectivity index (χ1v) is 7.83. The number of carbonyl (C=O) groups is 2. The lowest BCUT2D eigenvalue weighted by molar-refractivity contribution is 0.0988. The van der Waals surface area contributed by atoms with Crippen molar-refractivity contribution in [3.05, 3.63) is 82.1 Å². The predicted molar refractivity (Wildman–Crippen MR) is 93.2 cm³/mol. The first kappa shape index (κ1) is 16.1. The average molecular weight is 339 g/mol. The number of hydrogen-bond acceptors (Lipinski definition) is 3. The fourth-order valence-electron chi connectivity index (χ4n) is 2.64. The van der Waals surface area contributed by atoms with Gasteiger partial charge in [-0.25, -0.2) is 4.68 Å². The summed E-state index contributed by atoms with van der Waals surface area (Å²) in [5, 5.41) is 5.02. The molecule has 0 bridgehead atoms. The lowest BCUT2D eigenvalue weighted by atomic mass is 10.0. The molecule has 0 atom stereocenters. The van der Waals surface area contributed by atoms with E-state index in [1.807, 2.05) is 6.07 Å². The third-order valence-electron chi connectivity index (χ3n) is 3.79. The predicted octanol–water partition coefficient (Wildman–Crippen LogP) is 4.27. The molecule has 0 amide bonds. The SMILES string of the molecule is CC(=O)c1c(C(=O)c2ccccc2)nn(-c2ccc(Cl)cc2)c1C. The zero-order chi connectivity index (χ0) is 17.3. The molecular formula is C19H15ClN2O2. The Morgan fingerprint density at radius 2 is 1.62 bits per heavy atom. The van der Waals surface area contributed by atoms with E-state index in [-0.39, 0.29) is 17.3 Å². The number of carbonyl (C=O) groups excluding carboxylic acids is 2. The largest absolute Gasteiger partial charge is 0.294 e. The molecule has 0 saturated carbocycles. The van der Waals surface area contributed by atoms with E-state index in [4.69, 9.17) is 11.6 Å². The molecule has 5 heteroatoms. The number of Topliss-reactive ketones (excluding diaryl/α,β-unsaturated/α-hetero) is 1. The molecule has 24 heavy (non-hydrogen) atoms. The van der Waals surface area contributed by atoms with Gasteiger partial charge in [-0.2, -0.15) is 5.10 Å². The molecule has 0 N–H and O–H groups in total. The van der Waals surface area contributed by atoms with Gasteiger partial charge >= 0.3 is 0 Å². The van der Waals surface area contributed by atoms with Crippen molar-refractivity contribution in [1.29, 1.82) is 0 Å². The van der Waals surface area contributed by atoms with Crippen LogP contribution in [0.4, 0.5) is 0 Å². The minimum atomic E-state index is -0.267. The van der Waals surface area contributed by atoms with Crippen LogP contribution in [0, 0.1) is 6.92 Å². The molecule has 4 nitrogen and oxygen atoms in total. The Morgan fingerprint density at radius 1 is 1.00 bits per heavy atom. The van der Waals surface area contributed by atoms with Gasteiger partial charge in [0.15, 0.2) is 5.78 Å². The van der Waals surface area contributed by atoms with E-state index in [0.717, 1.165) is 5.69 Å². The molecule has 0 spiro atoms. The molecule has 120 valence electrons. The second-order valence-corrected chi connectivity index (χ2v) is 5.89. The number of halogens is 1. The van der Waals surface area contributed by atoms with Gasteiger partial charge in [-0.05, 0) is 38.1 Å². The highest BCUT2D eigenvalue weighted by Gasteiger charge is 2.25. The van der Waals surface area contributed by atoms with Gasteiger partial charge in [0.1, 0.15) is 5.69 Å². The van der Waals surface area contributed by atoms with Crippen LogP contribution < -0.4 is 0 Å². The van der Waals surface area contributed by atoms with Gasteiger partial charge in [0.05, 0.1) is 16.9 Å². The summed E-state index contributed by atoms with van der Waals surface area (Å²) in [6, 6.07) is 15.9. The molecule has 0 fully saturated rings. The maximum Gasteiger partial charge on any atom is 0.214 e. The third kappa shape index (κ3) is 2.88. The molecule has 0 aliphatic rings. The lowest BCUT2D eigenvalue weighted by Crippen LogP contribution is -2.08. The number of nitrogens with zero attached hydrogens (tertiary/aromatic N) is 2. The fraction of sp³-hybridized carbons (Fsp3) is 0.105. The number of benzene rings is 2. The van der Waals surface area contributed by atoms with Crippen molar-refractivity contribution in [2.75, 3.05) is 0 Å². The number of aromatic nitrogens is 2. The van der Waals surface area contributed by atoms with Gasteiger partial charge < -0.3 is 0 Å². The van der Waals surface area contributed by atoms with Crippen LogP contribution in [-0.4, -0.2) is 21.3 Å². The summed E-state index contributed by atoms with van der Waals surface area (Å²) in [6.45, 7) is 3.22. The summed E-state index contributed by atoms with van der Waals surface area (Å²) in [4.78, 5) is 24.9. The van der Waals surface area contributed by atoms with Crippen molar-refractivity contribution in [2.24, 2.45) is 0 Å². The molecule has 1 heterocycles. The summed E-state index contributed by atoms with van der Waals surface area (Å²) in [5.41, 5.74) is 2.39. The van der Waals surface area contributed by atoms with Crippen LogP contribution in [0.5, 0.6) is 0 Å². The van der Waals surface area contributed by atoms with Crippen molar-refractivity contribution in [1.82, 2.24) is 9.78 Å². The van der Waals surface area contributed by atoms with Crippen molar-refractivity contribution < 1.29 is 9.59 Å². The van der Waals surface area contributed by atoms with Crippen LogP contribution in [0.2, 0.25) is 5.02 Å². The van der Waals surface area contributed by atoms with Gasteiger partial charge in [-0.1, -0.05) is 41.9 Å². The topological polar surface area (TPSA) is 52.0 Å². The van der Waals surface area contributed by atoms with E-state index >= 15 is 0 Å². The van der Waals surface area contributed by atoms with Crippen molar-refractivity contribution in [2.45, 2.75) is 13.8 Å². The van der Waals surface area contributed by atoms with Crippen LogP contribution in [0.15, 0.2) is 54.6 Å². The number of ketones is 2. The van der Waals surface area contributed by atoms with Gasteiger partial charge in [-0.15, -0.1) is 0 Å². The van der Waals surface area contributed by atoms with Gasteiger partial charge in [0.25, 0.3) is 0 Å². The first-order chi connectivity index (χ1) is 11.5. The molecule has 3 rings (SSSR count). The van der Waals surface area contributed by atoms with Crippen LogP contribution in [0.25, 0.3) is 5.69 Å². The van der Waals surface area contributed by atoms with Crippen LogP contribution in [-0.2, 0) is 0 Å². The standard InChI is InChI=1S/C19H15ClN2O2/c1-12-17(13(2)23)18(19(24)14-6-4-3-5-7-14)21-22(12)16-10-8-15(20)9-11-16/h3-11H,1-2H3. The van der Waals surface area contributed by atoms with E-state index in [9.17, 15) is 9.59 Å². The van der Waals surface area contributed by atoms with E-state index in [0.29, 0.717) is 21.8 Å². The molecule has 3 aromatic rings. The summed E-state index contributed by atoms with van der Waals surface area (Å²) in [7, 11) is 0. The smallest absolute Gasteiger partial charge is 0.214 e. The molecule has 0 saturated heterocycles. The summed E-state index contributed by atoms with van der Waals surface area (Å²) >= 11 is 5.92. The number of rotatable bonds is 4. The van der Waals surface area contributed by atoms with Crippen LogP contribution in [0.3, 0.4) is 0 Å². The number of hydrogen-bond donors (Lipinski definition) is 0. The highest BCUT2D eigenvalue weighted by molar-refractivity contribution is 6.30. The van der Waals surface area contributed by atoms with Gasteiger partial charge in [-0.3, -0.25) is 9.59 Å². The van der Waals surface area contributed by atoms with E-state index in [1.54, 1.807) is 60.1 Å². The van der Waals surface area contributed by atoms with Crippen molar-refractivity contribution in [3.63, 3.8) is 0 Å². The Morgan fingerprint density at radius 3 is 2.21 bits per heavy atom. The monoisotopic (exact) mass is 338 g/mol. The van der Waals surface area contributed by atoms with Crippen molar-refractivity contribution in [3.8, 4) is 5.69 Å². The van der Waals surface area contributed by atoms with Gasteiger partial charge in [0, 0.05) is 10.6 Å². The minimum absolute atomic E-state index is 0.168. The molecule has 0 aliphatic heterocycles. The maximum atomic E-state index is 12.8. The zero-order valence-corrected chi connectivity index (χ0v) is 14.0. The highest BCUT2D eigenvalue weighted by atomic mass is 35.5. The molecular weight excluding hydrogens is 324 g/mol. The Kier molecular flexibility index (Phi) is 4.32. The van der Waals surface area contributed by atoms with E-state index in [2.05, 4.69) is 5.10 Å². The quantitative estimate of drug-likeness (QED) is 0.667. The molecule has 1 aromatic heterocycles. The molecule has 0 radical (unpaired) electrons. The van der Waals surface area contributed by atoms with Crippen LogP contribution in [0.1, 0.15) is 39.0 Å². The second kappa shape index (κ2) is 6.42. The zero-order valence-electron chi connectivity index (χ0n) is 13.3. The van der Waals surface area contributed by atoms with E-state index in [1.165, 1.54) is 6.92 Å². The third-order valence-corrected chi connectivity index (χ3v) is 4.04. The summed E-state index contributed by atoms with van der Waals surface area (Å²) in [5.74, 6) is -0.455. The molecule has 0 aliphatic carbocycles. The highest BCUT2D eigenvalue weighted by Crippen LogP contribution is 2.22. The Bertz CT molecular complexity index is 913. The summed E-state index contributed by atoms with van der Waals surface area (Å²) < 4.78 is 1.60.